The highest BCUT2D eigenvalue weighted by Crippen LogP contribution is 2.28. The van der Waals surface area contributed by atoms with E-state index in [1.807, 2.05) is 12.1 Å². The minimum Gasteiger partial charge on any atom is -0.489 e. The smallest absolute Gasteiger partial charge is 0.191 e. The van der Waals surface area contributed by atoms with Crippen LogP contribution in [0.2, 0.25) is 0 Å². The van der Waals surface area contributed by atoms with E-state index in [-0.39, 0.29) is 30.1 Å². The second-order valence-electron chi connectivity index (χ2n) is 5.66. The minimum atomic E-state index is 0. The maximum Gasteiger partial charge on any atom is 0.191 e. The van der Waals surface area contributed by atoms with Crippen molar-refractivity contribution in [2.75, 3.05) is 13.6 Å². The van der Waals surface area contributed by atoms with Gasteiger partial charge in [0, 0.05) is 13.1 Å². The molecule has 1 saturated carbocycles. The first-order valence-corrected chi connectivity index (χ1v) is 7.29. The van der Waals surface area contributed by atoms with E-state index < -0.39 is 0 Å². The van der Waals surface area contributed by atoms with Gasteiger partial charge in [0.15, 0.2) is 5.96 Å². The molecule has 1 fully saturated rings. The van der Waals surface area contributed by atoms with Crippen molar-refractivity contribution in [2.45, 2.75) is 39.3 Å². The van der Waals surface area contributed by atoms with Crippen molar-refractivity contribution in [2.24, 2.45) is 10.9 Å². The molecule has 0 aromatic heterocycles. The predicted molar refractivity (Wildman–Crippen MR) is 98.8 cm³/mol. The van der Waals surface area contributed by atoms with Crippen LogP contribution in [0.4, 0.5) is 0 Å². The molecule has 2 rings (SSSR count). The molecular formula is C16H26IN3O. The second kappa shape index (κ2) is 8.46. The van der Waals surface area contributed by atoms with Crippen molar-refractivity contribution in [1.82, 2.24) is 10.6 Å². The van der Waals surface area contributed by atoms with Gasteiger partial charge in [0.05, 0.1) is 6.54 Å². The van der Waals surface area contributed by atoms with Crippen molar-refractivity contribution in [3.8, 4) is 5.75 Å². The number of hydrogen-bond donors (Lipinski definition) is 2. The van der Waals surface area contributed by atoms with Crippen LogP contribution < -0.4 is 15.4 Å². The Kier molecular flexibility index (Phi) is 7.28. The number of hydrogen-bond acceptors (Lipinski definition) is 2. The lowest BCUT2D eigenvalue weighted by Gasteiger charge is -2.18. The molecule has 0 spiro atoms. The molecule has 0 aliphatic heterocycles. The van der Waals surface area contributed by atoms with Crippen LogP contribution >= 0.6 is 24.0 Å². The quantitative estimate of drug-likeness (QED) is 0.452. The van der Waals surface area contributed by atoms with Crippen LogP contribution in [0.5, 0.6) is 5.75 Å². The van der Waals surface area contributed by atoms with Crippen LogP contribution in [0, 0.1) is 12.8 Å². The number of guanidine groups is 1. The Morgan fingerprint density at radius 3 is 2.76 bits per heavy atom. The summed E-state index contributed by atoms with van der Waals surface area (Å²) >= 11 is 0. The van der Waals surface area contributed by atoms with Gasteiger partial charge >= 0.3 is 0 Å². The van der Waals surface area contributed by atoms with Crippen molar-refractivity contribution in [3.63, 3.8) is 0 Å². The third-order valence-corrected chi connectivity index (χ3v) is 3.54. The molecule has 0 radical (unpaired) electrons. The van der Waals surface area contributed by atoms with E-state index in [4.69, 9.17) is 4.74 Å². The Morgan fingerprint density at radius 1 is 1.48 bits per heavy atom. The first kappa shape index (κ1) is 18.1. The zero-order chi connectivity index (χ0) is 14.5. The zero-order valence-corrected chi connectivity index (χ0v) is 15.5. The van der Waals surface area contributed by atoms with Crippen LogP contribution in [-0.2, 0) is 0 Å². The first-order chi connectivity index (χ1) is 9.58. The maximum atomic E-state index is 5.89. The van der Waals surface area contributed by atoms with Gasteiger partial charge < -0.3 is 15.4 Å². The van der Waals surface area contributed by atoms with Gasteiger partial charge in [-0.1, -0.05) is 19.1 Å². The normalized spacial score (nSPS) is 22.0. The van der Waals surface area contributed by atoms with E-state index in [9.17, 15) is 0 Å². The zero-order valence-electron chi connectivity index (χ0n) is 13.2. The van der Waals surface area contributed by atoms with Crippen molar-refractivity contribution in [1.29, 1.82) is 0 Å². The SMILES string of the molecule is CN=C(NCC(C)Oc1cccc(C)c1)NC1CC1C.I. The van der Waals surface area contributed by atoms with Crippen LogP contribution in [-0.4, -0.2) is 31.7 Å². The van der Waals surface area contributed by atoms with E-state index in [0.717, 1.165) is 24.2 Å². The number of aryl methyl sites for hydroxylation is 1. The Labute approximate surface area is 144 Å². The topological polar surface area (TPSA) is 45.7 Å². The molecule has 0 saturated heterocycles. The molecular weight excluding hydrogens is 377 g/mol. The molecule has 1 aliphatic rings. The molecule has 2 N–H and O–H groups in total. The van der Waals surface area contributed by atoms with E-state index in [2.05, 4.69) is 48.5 Å². The van der Waals surface area contributed by atoms with Crippen LogP contribution in [0.1, 0.15) is 25.8 Å². The van der Waals surface area contributed by atoms with Crippen LogP contribution in [0.25, 0.3) is 0 Å². The lowest BCUT2D eigenvalue weighted by molar-refractivity contribution is 0.223. The average Bonchev–Trinajstić information content (AvgIpc) is 3.10. The third kappa shape index (κ3) is 6.11. The summed E-state index contributed by atoms with van der Waals surface area (Å²) in [5.41, 5.74) is 1.21. The molecule has 5 heteroatoms. The second-order valence-corrected chi connectivity index (χ2v) is 5.66. The fourth-order valence-corrected chi connectivity index (χ4v) is 2.10. The molecule has 0 heterocycles. The fraction of sp³-hybridized carbons (Fsp3) is 0.562. The number of nitrogens with zero attached hydrogens (tertiary/aromatic N) is 1. The van der Waals surface area contributed by atoms with E-state index in [1.54, 1.807) is 7.05 Å². The van der Waals surface area contributed by atoms with Gasteiger partial charge in [0.2, 0.25) is 0 Å². The summed E-state index contributed by atoms with van der Waals surface area (Å²) in [5.74, 6) is 2.53. The number of halogens is 1. The van der Waals surface area contributed by atoms with Gasteiger partial charge in [-0.15, -0.1) is 24.0 Å². The Hall–Kier alpha value is -0.980. The summed E-state index contributed by atoms with van der Waals surface area (Å²) in [6.45, 7) is 7.10. The van der Waals surface area contributed by atoms with Gasteiger partial charge in [0.1, 0.15) is 11.9 Å². The van der Waals surface area contributed by atoms with Gasteiger partial charge in [-0.05, 0) is 43.9 Å². The molecule has 0 bridgehead atoms. The molecule has 118 valence electrons. The van der Waals surface area contributed by atoms with Gasteiger partial charge in [-0.25, -0.2) is 0 Å². The molecule has 3 atom stereocenters. The third-order valence-electron chi connectivity index (χ3n) is 3.54. The van der Waals surface area contributed by atoms with E-state index in [0.29, 0.717) is 6.04 Å². The molecule has 21 heavy (non-hydrogen) atoms. The highest BCUT2D eigenvalue weighted by molar-refractivity contribution is 14.0. The highest BCUT2D eigenvalue weighted by Gasteiger charge is 2.33. The lowest BCUT2D eigenvalue weighted by atomic mass is 10.2. The highest BCUT2D eigenvalue weighted by atomic mass is 127. The summed E-state index contributed by atoms with van der Waals surface area (Å²) in [6.07, 6.45) is 1.32. The monoisotopic (exact) mass is 403 g/mol. The summed E-state index contributed by atoms with van der Waals surface area (Å²) in [7, 11) is 1.80. The summed E-state index contributed by atoms with van der Waals surface area (Å²) in [6, 6.07) is 8.70. The summed E-state index contributed by atoms with van der Waals surface area (Å²) < 4.78 is 5.89. The van der Waals surface area contributed by atoms with Crippen LogP contribution in [0.3, 0.4) is 0 Å². The number of aliphatic imine (C=N–C) groups is 1. The van der Waals surface area contributed by atoms with Gasteiger partial charge in [-0.3, -0.25) is 4.99 Å². The van der Waals surface area contributed by atoms with Gasteiger partial charge in [-0.2, -0.15) is 0 Å². The van der Waals surface area contributed by atoms with E-state index >= 15 is 0 Å². The van der Waals surface area contributed by atoms with Crippen molar-refractivity contribution < 1.29 is 4.74 Å². The number of benzene rings is 1. The number of rotatable bonds is 5. The average molecular weight is 403 g/mol. The lowest BCUT2D eigenvalue weighted by Crippen LogP contribution is -2.43. The first-order valence-electron chi connectivity index (χ1n) is 7.29. The summed E-state index contributed by atoms with van der Waals surface area (Å²) in [5, 5.41) is 6.71. The minimum absolute atomic E-state index is 0. The van der Waals surface area contributed by atoms with Crippen molar-refractivity contribution >= 4 is 29.9 Å². The molecule has 1 aromatic carbocycles. The Balaban J connectivity index is 0.00000220. The largest absolute Gasteiger partial charge is 0.489 e. The van der Waals surface area contributed by atoms with E-state index in [1.165, 1.54) is 12.0 Å². The summed E-state index contributed by atoms with van der Waals surface area (Å²) in [4.78, 5) is 4.23. The van der Waals surface area contributed by atoms with Crippen molar-refractivity contribution in [3.05, 3.63) is 29.8 Å². The fourth-order valence-electron chi connectivity index (χ4n) is 2.10. The molecule has 0 amide bonds. The van der Waals surface area contributed by atoms with Crippen LogP contribution in [0.15, 0.2) is 29.3 Å². The molecule has 4 nitrogen and oxygen atoms in total. The Morgan fingerprint density at radius 2 is 2.19 bits per heavy atom. The standard InChI is InChI=1S/C16H25N3O.HI/c1-11-6-5-7-14(8-11)20-13(3)10-18-16(17-4)19-15-9-12(15)2;/h5-8,12-13,15H,9-10H2,1-4H3,(H2,17,18,19);1H. The molecule has 1 aliphatic carbocycles. The number of nitrogens with one attached hydrogen (secondary N) is 2. The molecule has 1 aromatic rings. The van der Waals surface area contributed by atoms with Gasteiger partial charge in [0.25, 0.3) is 0 Å². The maximum absolute atomic E-state index is 5.89. The number of ether oxygens (including phenoxy) is 1. The Bertz CT molecular complexity index is 478. The molecule has 3 unspecified atom stereocenters. The predicted octanol–water partition coefficient (Wildman–Crippen LogP) is 2.95.